The Morgan fingerprint density at radius 2 is 2.08 bits per heavy atom. The summed E-state index contributed by atoms with van der Waals surface area (Å²) in [5.74, 6) is 0.361. The number of aryl methyl sites for hydroxylation is 1. The van der Waals surface area contributed by atoms with Crippen molar-refractivity contribution in [1.82, 2.24) is 15.2 Å². The zero-order chi connectivity index (χ0) is 17.1. The predicted molar refractivity (Wildman–Crippen MR) is 93.1 cm³/mol. The lowest BCUT2D eigenvalue weighted by atomic mass is 10.1. The number of hydrogen-bond donors (Lipinski definition) is 2. The molecule has 128 valence electrons. The number of nitrogens with zero attached hydrogens (tertiary/aromatic N) is 1. The van der Waals surface area contributed by atoms with Crippen molar-refractivity contribution in [2.75, 3.05) is 19.6 Å². The maximum atomic E-state index is 13.1. The summed E-state index contributed by atoms with van der Waals surface area (Å²) >= 11 is 0. The van der Waals surface area contributed by atoms with Crippen molar-refractivity contribution in [3.63, 3.8) is 0 Å². The molecule has 1 aromatic heterocycles. The zero-order valence-electron chi connectivity index (χ0n) is 14.2. The fourth-order valence-corrected chi connectivity index (χ4v) is 3.43. The van der Waals surface area contributed by atoms with Gasteiger partial charge in [-0.25, -0.2) is 4.39 Å². The van der Waals surface area contributed by atoms with Crippen LogP contribution in [0.15, 0.2) is 30.3 Å². The van der Waals surface area contributed by atoms with Crippen molar-refractivity contribution >= 4 is 5.91 Å². The highest BCUT2D eigenvalue weighted by molar-refractivity contribution is 5.95. The lowest BCUT2D eigenvalue weighted by Crippen LogP contribution is -2.26. The molecule has 1 aliphatic rings. The van der Waals surface area contributed by atoms with Gasteiger partial charge in [-0.3, -0.25) is 4.79 Å². The van der Waals surface area contributed by atoms with Gasteiger partial charge in [0, 0.05) is 23.6 Å². The number of nitrogens with one attached hydrogen (secondary N) is 2. The Morgan fingerprint density at radius 1 is 1.33 bits per heavy atom. The van der Waals surface area contributed by atoms with Gasteiger partial charge in [-0.15, -0.1) is 0 Å². The van der Waals surface area contributed by atoms with E-state index in [1.807, 2.05) is 24.5 Å². The van der Waals surface area contributed by atoms with Crippen molar-refractivity contribution in [1.29, 1.82) is 0 Å². The normalized spacial score (nSPS) is 17.2. The van der Waals surface area contributed by atoms with E-state index in [9.17, 15) is 9.18 Å². The molecule has 1 aliphatic heterocycles. The van der Waals surface area contributed by atoms with Gasteiger partial charge >= 0.3 is 0 Å². The Labute approximate surface area is 142 Å². The Morgan fingerprint density at radius 3 is 2.75 bits per heavy atom. The van der Waals surface area contributed by atoms with Crippen molar-refractivity contribution in [3.05, 3.63) is 53.1 Å². The number of amides is 1. The smallest absolute Gasteiger partial charge is 0.253 e. The number of benzene rings is 1. The minimum absolute atomic E-state index is 0.0394. The number of hydrogen-bond acceptors (Lipinski definition) is 2. The van der Waals surface area contributed by atoms with Crippen LogP contribution in [0.5, 0.6) is 0 Å². The molecule has 0 saturated carbocycles. The molecular formula is C19H24FN3O. The lowest BCUT2D eigenvalue weighted by Gasteiger charge is -2.11. The Kier molecular flexibility index (Phi) is 5.00. The zero-order valence-corrected chi connectivity index (χ0v) is 14.2. The molecule has 1 aromatic carbocycles. The minimum Gasteiger partial charge on any atom is -0.352 e. The second-order valence-electron chi connectivity index (χ2n) is 6.50. The summed E-state index contributed by atoms with van der Waals surface area (Å²) in [6.45, 7) is 6.71. The van der Waals surface area contributed by atoms with E-state index in [2.05, 4.69) is 10.6 Å². The molecule has 1 saturated heterocycles. The van der Waals surface area contributed by atoms with Crippen molar-refractivity contribution < 1.29 is 9.18 Å². The first-order valence-corrected chi connectivity index (χ1v) is 8.50. The summed E-state index contributed by atoms with van der Waals surface area (Å²) in [4.78, 5) is 12.5. The third-order valence-electron chi connectivity index (χ3n) is 4.76. The molecule has 1 amide bonds. The summed E-state index contributed by atoms with van der Waals surface area (Å²) in [5.41, 5.74) is 3.38. The van der Waals surface area contributed by atoms with E-state index in [0.717, 1.165) is 36.6 Å². The van der Waals surface area contributed by atoms with Crippen LogP contribution in [0.1, 0.15) is 34.6 Å². The molecule has 0 radical (unpaired) electrons. The van der Waals surface area contributed by atoms with Gasteiger partial charge < -0.3 is 15.2 Å². The first-order chi connectivity index (χ1) is 11.6. The minimum atomic E-state index is -0.263. The number of rotatable bonds is 5. The van der Waals surface area contributed by atoms with E-state index in [-0.39, 0.29) is 11.7 Å². The van der Waals surface area contributed by atoms with Gasteiger partial charge in [0.15, 0.2) is 0 Å². The highest BCUT2D eigenvalue weighted by Gasteiger charge is 2.18. The molecule has 1 fully saturated rings. The summed E-state index contributed by atoms with van der Waals surface area (Å²) in [5, 5.41) is 6.37. The van der Waals surface area contributed by atoms with Crippen LogP contribution in [0.25, 0.3) is 5.69 Å². The van der Waals surface area contributed by atoms with E-state index in [0.29, 0.717) is 18.0 Å². The van der Waals surface area contributed by atoms with Crippen LogP contribution >= 0.6 is 0 Å². The molecule has 2 N–H and O–H groups in total. The largest absolute Gasteiger partial charge is 0.352 e. The summed E-state index contributed by atoms with van der Waals surface area (Å²) in [7, 11) is 0. The molecule has 2 aromatic rings. The average Bonchev–Trinajstić information content (AvgIpc) is 3.17. The topological polar surface area (TPSA) is 46.1 Å². The van der Waals surface area contributed by atoms with Gasteiger partial charge in [0.2, 0.25) is 0 Å². The van der Waals surface area contributed by atoms with Gasteiger partial charge in [0.1, 0.15) is 5.82 Å². The lowest BCUT2D eigenvalue weighted by molar-refractivity contribution is 0.0951. The predicted octanol–water partition coefficient (Wildman–Crippen LogP) is 2.96. The second-order valence-corrected chi connectivity index (χ2v) is 6.50. The monoisotopic (exact) mass is 329 g/mol. The molecule has 2 heterocycles. The molecule has 0 aliphatic carbocycles. The van der Waals surface area contributed by atoms with E-state index < -0.39 is 0 Å². The Balaban J connectivity index is 1.70. The van der Waals surface area contributed by atoms with Crippen LogP contribution in [0.2, 0.25) is 0 Å². The van der Waals surface area contributed by atoms with Crippen LogP contribution in [-0.4, -0.2) is 30.1 Å². The van der Waals surface area contributed by atoms with Crippen LogP contribution in [0.4, 0.5) is 4.39 Å². The van der Waals surface area contributed by atoms with Crippen LogP contribution < -0.4 is 10.6 Å². The van der Waals surface area contributed by atoms with E-state index in [1.54, 1.807) is 12.1 Å². The molecule has 4 nitrogen and oxygen atoms in total. The molecule has 3 rings (SSSR count). The van der Waals surface area contributed by atoms with Crippen LogP contribution in [0, 0.1) is 25.6 Å². The number of aromatic nitrogens is 1. The van der Waals surface area contributed by atoms with Gasteiger partial charge in [-0.1, -0.05) is 0 Å². The second kappa shape index (κ2) is 7.18. The van der Waals surface area contributed by atoms with Gasteiger partial charge in [-0.05, 0) is 76.0 Å². The van der Waals surface area contributed by atoms with E-state index >= 15 is 0 Å². The van der Waals surface area contributed by atoms with Crippen LogP contribution in [-0.2, 0) is 0 Å². The third kappa shape index (κ3) is 3.51. The number of carbonyl (C=O) groups is 1. The maximum absolute atomic E-state index is 13.1. The molecule has 0 spiro atoms. The number of halogens is 1. The summed E-state index contributed by atoms with van der Waals surface area (Å²) in [6.07, 6.45) is 2.20. The van der Waals surface area contributed by atoms with Crippen LogP contribution in [0.3, 0.4) is 0 Å². The third-order valence-corrected chi connectivity index (χ3v) is 4.76. The van der Waals surface area contributed by atoms with E-state index in [4.69, 9.17) is 0 Å². The van der Waals surface area contributed by atoms with Gasteiger partial charge in [0.05, 0.1) is 5.56 Å². The summed E-state index contributed by atoms with van der Waals surface area (Å²) < 4.78 is 15.1. The molecule has 0 bridgehead atoms. The highest BCUT2D eigenvalue weighted by atomic mass is 19.1. The van der Waals surface area contributed by atoms with Crippen molar-refractivity contribution in [3.8, 4) is 5.69 Å². The summed E-state index contributed by atoms with van der Waals surface area (Å²) in [6, 6.07) is 8.21. The van der Waals surface area contributed by atoms with E-state index in [1.165, 1.54) is 18.6 Å². The first-order valence-electron chi connectivity index (χ1n) is 8.50. The molecule has 24 heavy (non-hydrogen) atoms. The quantitative estimate of drug-likeness (QED) is 0.886. The SMILES string of the molecule is Cc1cc(C(=O)NCCC2CCNC2)c(C)n1-c1ccc(F)cc1. The highest BCUT2D eigenvalue weighted by Crippen LogP contribution is 2.21. The van der Waals surface area contributed by atoms with Crippen molar-refractivity contribution in [2.24, 2.45) is 5.92 Å². The van der Waals surface area contributed by atoms with Gasteiger partial charge in [-0.2, -0.15) is 0 Å². The first kappa shape index (κ1) is 16.7. The molecular weight excluding hydrogens is 305 g/mol. The molecule has 5 heteroatoms. The fourth-order valence-electron chi connectivity index (χ4n) is 3.43. The van der Waals surface area contributed by atoms with Crippen molar-refractivity contribution in [2.45, 2.75) is 26.7 Å². The fraction of sp³-hybridized carbons (Fsp3) is 0.421. The Bertz CT molecular complexity index is 715. The standard InChI is InChI=1S/C19H24FN3O/c1-13-11-18(19(24)22-10-8-15-7-9-21-12-15)14(2)23(13)17-5-3-16(20)4-6-17/h3-6,11,15,21H,7-10,12H2,1-2H3,(H,22,24). The number of carbonyl (C=O) groups excluding carboxylic acids is 1. The van der Waals surface area contributed by atoms with Gasteiger partial charge in [0.25, 0.3) is 5.91 Å². The maximum Gasteiger partial charge on any atom is 0.253 e. The molecule has 1 atom stereocenters. The Hall–Kier alpha value is -2.14. The molecule has 1 unspecified atom stereocenters. The average molecular weight is 329 g/mol.